The summed E-state index contributed by atoms with van der Waals surface area (Å²) in [7, 11) is -1.21. The first-order valence-electron chi connectivity index (χ1n) is 26.4. The number of benzene rings is 5. The van der Waals surface area contributed by atoms with Crippen molar-refractivity contribution in [3.05, 3.63) is 117 Å². The molecular weight excluding hydrogens is 856 g/mol. The number of furan rings is 1. The summed E-state index contributed by atoms with van der Waals surface area (Å²) in [4.78, 5) is 6.82. The van der Waals surface area contributed by atoms with E-state index in [0.717, 1.165) is 17.7 Å². The molecule has 0 atom stereocenters. The zero-order chi connectivity index (χ0) is 49.7. The minimum atomic E-state index is -1.21. The van der Waals surface area contributed by atoms with E-state index >= 15 is 0 Å². The van der Waals surface area contributed by atoms with E-state index in [9.17, 15) is 0 Å². The van der Waals surface area contributed by atoms with Crippen LogP contribution in [-0.4, -0.2) is 25.5 Å². The van der Waals surface area contributed by atoms with E-state index in [1.807, 2.05) is 0 Å². The maximum absolute atomic E-state index is 7.74. The average Bonchev–Trinajstić information content (AvgIpc) is 3.62. The van der Waals surface area contributed by atoms with E-state index in [1.165, 1.54) is 132 Å². The zero-order valence-electron chi connectivity index (χ0n) is 46.0. The fraction of sp³-hybridized carbons (Fsp3) is 0.500. The fourth-order valence-corrected chi connectivity index (χ4v) is 14.5. The standard InChI is InChI=1S/C64H81BN2OS/c1-38-30-39(58(2,3)4)20-23-50(38)67-53-33-41(69(17,18)19)32-52-55(53)65(57-56(67)42-34-45-48(37-54(42)68-57)64(15,16)29-26-61(45,9)10)49-35-46-47(63(13,14)28-27-62(46,11)12)36-51(49)66(52)40-21-22-43-44(31-40)60(7,8)25-24-59(43,5)6/h20-23,30-37H,24-29H2,1-19H3. The van der Waals surface area contributed by atoms with Gasteiger partial charge in [0.15, 0.2) is 0 Å². The van der Waals surface area contributed by atoms with Gasteiger partial charge in [-0.2, -0.15) is 0 Å². The first kappa shape index (κ1) is 47.0. The van der Waals surface area contributed by atoms with E-state index in [2.05, 4.69) is 212 Å². The largest absolute Gasteiger partial charge is 0.468 e. The Hall–Kier alpha value is -4.35. The van der Waals surface area contributed by atoms with E-state index < -0.39 is 10.0 Å². The molecule has 1 aromatic heterocycles. The zero-order valence-corrected chi connectivity index (χ0v) is 46.8. The van der Waals surface area contributed by atoms with Gasteiger partial charge < -0.3 is 14.2 Å². The molecule has 5 aromatic carbocycles. The molecule has 5 aliphatic rings. The Labute approximate surface area is 418 Å². The first-order valence-corrected chi connectivity index (χ1v) is 29.2. The van der Waals surface area contributed by atoms with Gasteiger partial charge in [0.2, 0.25) is 0 Å². The fourth-order valence-electron chi connectivity index (χ4n) is 13.5. The van der Waals surface area contributed by atoms with E-state index in [4.69, 9.17) is 4.42 Å². The molecule has 0 spiro atoms. The molecule has 3 aliphatic carbocycles. The van der Waals surface area contributed by atoms with Gasteiger partial charge in [0, 0.05) is 33.8 Å². The van der Waals surface area contributed by atoms with Crippen molar-refractivity contribution in [1.29, 1.82) is 0 Å². The number of anilines is 6. The van der Waals surface area contributed by atoms with Crippen LogP contribution in [0.5, 0.6) is 0 Å². The molecule has 0 fully saturated rings. The second-order valence-electron chi connectivity index (χ2n) is 28.3. The number of hydrogen-bond donors (Lipinski definition) is 0. The Kier molecular flexibility index (Phi) is 9.82. The van der Waals surface area contributed by atoms with Gasteiger partial charge in [-0.15, -0.1) is 0 Å². The Morgan fingerprint density at radius 1 is 0.507 bits per heavy atom. The Morgan fingerprint density at radius 3 is 1.54 bits per heavy atom. The lowest BCUT2D eigenvalue weighted by Crippen LogP contribution is -2.61. The van der Waals surface area contributed by atoms with Gasteiger partial charge in [-0.25, -0.2) is 10.0 Å². The summed E-state index contributed by atoms with van der Waals surface area (Å²) < 4.78 is 7.74. The van der Waals surface area contributed by atoms with Gasteiger partial charge in [-0.05, 0) is 211 Å². The first-order chi connectivity index (χ1) is 31.8. The van der Waals surface area contributed by atoms with Gasteiger partial charge in [0.25, 0.3) is 6.71 Å². The van der Waals surface area contributed by atoms with Gasteiger partial charge in [-0.3, -0.25) is 0 Å². The molecule has 0 amide bonds. The van der Waals surface area contributed by atoms with Crippen molar-refractivity contribution in [3.63, 3.8) is 0 Å². The summed E-state index contributed by atoms with van der Waals surface area (Å²) in [6.45, 7) is 38.9. The lowest BCUT2D eigenvalue weighted by Gasteiger charge is -2.47. The number of nitrogens with zero attached hydrogens (tertiary/aromatic N) is 2. The highest BCUT2D eigenvalue weighted by Crippen LogP contribution is 2.57. The second kappa shape index (κ2) is 14.4. The summed E-state index contributed by atoms with van der Waals surface area (Å²) >= 11 is 0. The van der Waals surface area contributed by atoms with Crippen molar-refractivity contribution >= 4 is 78.4 Å². The Balaban J connectivity index is 1.31. The lowest BCUT2D eigenvalue weighted by atomic mass is 9.35. The van der Waals surface area contributed by atoms with Crippen molar-refractivity contribution in [2.75, 3.05) is 28.6 Å². The summed E-state index contributed by atoms with van der Waals surface area (Å²) in [6.07, 6.45) is 14.5. The van der Waals surface area contributed by atoms with Crippen LogP contribution in [0, 0.1) is 6.92 Å². The van der Waals surface area contributed by atoms with Crippen LogP contribution in [0.1, 0.15) is 187 Å². The Morgan fingerprint density at radius 2 is 1.00 bits per heavy atom. The molecule has 362 valence electrons. The van der Waals surface area contributed by atoms with E-state index in [0.29, 0.717) is 0 Å². The van der Waals surface area contributed by atoms with Gasteiger partial charge >= 0.3 is 0 Å². The molecule has 3 nitrogen and oxygen atoms in total. The summed E-state index contributed by atoms with van der Waals surface area (Å²) in [5, 5.41) is 1.23. The topological polar surface area (TPSA) is 19.6 Å². The molecular formula is C64H81BN2OS. The number of rotatable bonds is 3. The van der Waals surface area contributed by atoms with Crippen LogP contribution in [0.2, 0.25) is 0 Å². The molecule has 69 heavy (non-hydrogen) atoms. The third-order valence-corrected chi connectivity index (χ3v) is 20.3. The highest BCUT2D eigenvalue weighted by molar-refractivity contribution is 8.32. The maximum atomic E-state index is 7.74. The third-order valence-electron chi connectivity index (χ3n) is 18.7. The van der Waals surface area contributed by atoms with Crippen LogP contribution >= 0.6 is 10.0 Å². The molecule has 5 heteroatoms. The molecule has 0 radical (unpaired) electrons. The maximum Gasteiger partial charge on any atom is 0.297 e. The van der Waals surface area contributed by atoms with Crippen LogP contribution in [0.4, 0.5) is 34.1 Å². The molecule has 3 heterocycles. The normalized spacial score (nSPS) is 21.2. The van der Waals surface area contributed by atoms with E-state index in [1.54, 1.807) is 0 Å². The van der Waals surface area contributed by atoms with Crippen LogP contribution < -0.4 is 26.4 Å². The summed E-state index contributed by atoms with van der Waals surface area (Å²) in [6, 6.07) is 30.5. The van der Waals surface area contributed by atoms with Gasteiger partial charge in [0.05, 0.1) is 11.3 Å². The van der Waals surface area contributed by atoms with Crippen molar-refractivity contribution in [1.82, 2.24) is 0 Å². The minimum Gasteiger partial charge on any atom is -0.468 e. The van der Waals surface area contributed by atoms with Crippen molar-refractivity contribution < 1.29 is 4.42 Å². The second-order valence-corrected chi connectivity index (χ2v) is 32.4. The number of aryl methyl sites for hydroxylation is 1. The predicted molar refractivity (Wildman–Crippen MR) is 303 cm³/mol. The molecule has 0 N–H and O–H groups in total. The predicted octanol–water partition coefficient (Wildman–Crippen LogP) is 16.2. The SMILES string of the molecule is Cc1cc(C(C)(C)C)ccc1N1c2cc(S(C)(C)C)cc3c2B(c2cc4c(cc2N3c2ccc3c(c2)C(C)(C)CCC3(C)C)C(C)(C)CCC4(C)C)c2oc3cc4c(cc3c21)C(C)(C)CCC4(C)C. The molecule has 0 unspecified atom stereocenters. The van der Waals surface area contributed by atoms with Gasteiger partial charge in [-0.1, -0.05) is 128 Å². The molecule has 2 aliphatic heterocycles. The van der Waals surface area contributed by atoms with Crippen molar-refractivity contribution in [3.8, 4) is 0 Å². The monoisotopic (exact) mass is 937 g/mol. The number of hydrogen-bond acceptors (Lipinski definition) is 3. The lowest BCUT2D eigenvalue weighted by molar-refractivity contribution is 0.332. The molecule has 0 saturated heterocycles. The van der Waals surface area contributed by atoms with Crippen LogP contribution in [0.25, 0.3) is 11.0 Å². The summed E-state index contributed by atoms with van der Waals surface area (Å²) in [5.74, 6) is 0. The van der Waals surface area contributed by atoms with Crippen LogP contribution in [0.3, 0.4) is 0 Å². The quantitative estimate of drug-likeness (QED) is 0.165. The third kappa shape index (κ3) is 6.95. The molecule has 0 saturated carbocycles. The molecule has 11 rings (SSSR count). The van der Waals surface area contributed by atoms with Gasteiger partial charge in [0.1, 0.15) is 5.58 Å². The average molecular weight is 937 g/mol. The van der Waals surface area contributed by atoms with Crippen molar-refractivity contribution in [2.24, 2.45) is 0 Å². The summed E-state index contributed by atoms with van der Waals surface area (Å²) in [5.41, 5.74) is 24.4. The molecule has 0 bridgehead atoms. The minimum absolute atomic E-state index is 0.0280. The highest BCUT2D eigenvalue weighted by Gasteiger charge is 2.51. The Bertz CT molecular complexity index is 3180. The van der Waals surface area contributed by atoms with Crippen LogP contribution in [0.15, 0.2) is 82.1 Å². The molecule has 6 aromatic rings. The van der Waals surface area contributed by atoms with E-state index in [-0.39, 0.29) is 44.6 Å². The van der Waals surface area contributed by atoms with Crippen molar-refractivity contribution in [2.45, 2.75) is 192 Å². The number of fused-ring (bicyclic) bond motifs is 9. The smallest absolute Gasteiger partial charge is 0.297 e. The van der Waals surface area contributed by atoms with Crippen LogP contribution in [-0.2, 0) is 37.9 Å². The highest BCUT2D eigenvalue weighted by atomic mass is 32.3.